The van der Waals surface area contributed by atoms with Gasteiger partial charge in [-0.3, -0.25) is 4.79 Å². The fourth-order valence-electron chi connectivity index (χ4n) is 1.49. The van der Waals surface area contributed by atoms with Gasteiger partial charge in [-0.15, -0.1) is 0 Å². The molecule has 0 aromatic carbocycles. The zero-order valence-electron chi connectivity index (χ0n) is 11.9. The van der Waals surface area contributed by atoms with E-state index in [9.17, 15) is 4.79 Å². The average molecular weight is 270 g/mol. The van der Waals surface area contributed by atoms with Crippen LogP contribution in [0.5, 0.6) is 0 Å². The molecule has 1 aromatic heterocycles. The number of aromatic nitrogens is 2. The van der Waals surface area contributed by atoms with Gasteiger partial charge in [-0.05, 0) is 0 Å². The molecule has 1 unspecified atom stereocenters. The van der Waals surface area contributed by atoms with E-state index in [1.165, 1.54) is 11.5 Å². The van der Waals surface area contributed by atoms with Crippen LogP contribution in [0.15, 0.2) is 0 Å². The number of rotatable bonds is 4. The van der Waals surface area contributed by atoms with Crippen LogP contribution in [0, 0.1) is 5.92 Å². The zero-order valence-corrected chi connectivity index (χ0v) is 12.8. The number of carbonyl (C=O) groups is 1. The van der Waals surface area contributed by atoms with E-state index in [0.717, 1.165) is 11.0 Å². The third-order valence-electron chi connectivity index (χ3n) is 2.65. The van der Waals surface area contributed by atoms with Gasteiger partial charge in [-0.2, -0.15) is 4.37 Å². The Morgan fingerprint density at radius 3 is 2.56 bits per heavy atom. The topological polar surface area (TPSA) is 58.1 Å². The lowest BCUT2D eigenvalue weighted by Crippen LogP contribution is -2.34. The highest BCUT2D eigenvalue weighted by atomic mass is 32.1. The summed E-state index contributed by atoms with van der Waals surface area (Å²) in [5.74, 6) is 0.825. The predicted octanol–water partition coefficient (Wildman–Crippen LogP) is 1.65. The molecule has 0 aliphatic heterocycles. The van der Waals surface area contributed by atoms with Crippen LogP contribution in [-0.4, -0.2) is 35.9 Å². The van der Waals surface area contributed by atoms with Crippen molar-refractivity contribution in [3.05, 3.63) is 5.82 Å². The van der Waals surface area contributed by atoms with Crippen molar-refractivity contribution in [1.29, 1.82) is 0 Å². The maximum Gasteiger partial charge on any atom is 0.224 e. The normalized spacial score (nSPS) is 13.2. The van der Waals surface area contributed by atoms with Crippen LogP contribution in [0.2, 0.25) is 0 Å². The van der Waals surface area contributed by atoms with E-state index in [0.29, 0.717) is 6.54 Å². The van der Waals surface area contributed by atoms with Gasteiger partial charge < -0.3 is 10.2 Å². The summed E-state index contributed by atoms with van der Waals surface area (Å²) in [5, 5.41) is 3.51. The van der Waals surface area contributed by atoms with Gasteiger partial charge in [0.2, 0.25) is 11.0 Å². The van der Waals surface area contributed by atoms with E-state index in [-0.39, 0.29) is 17.2 Å². The van der Waals surface area contributed by atoms with Gasteiger partial charge >= 0.3 is 0 Å². The third kappa shape index (κ3) is 3.66. The maximum atomic E-state index is 11.5. The van der Waals surface area contributed by atoms with Crippen LogP contribution >= 0.6 is 11.5 Å². The number of hydrogen-bond acceptors (Lipinski definition) is 5. The molecule has 1 N–H and O–H groups in total. The molecule has 18 heavy (non-hydrogen) atoms. The van der Waals surface area contributed by atoms with Gasteiger partial charge in [0.25, 0.3) is 0 Å². The van der Waals surface area contributed by atoms with Gasteiger partial charge in [0.15, 0.2) is 0 Å². The van der Waals surface area contributed by atoms with Gasteiger partial charge in [0, 0.05) is 37.6 Å². The summed E-state index contributed by atoms with van der Waals surface area (Å²) in [5.41, 5.74) is -0.0397. The van der Waals surface area contributed by atoms with Crippen molar-refractivity contribution in [3.63, 3.8) is 0 Å². The van der Waals surface area contributed by atoms with E-state index in [2.05, 4.69) is 35.4 Å². The van der Waals surface area contributed by atoms with E-state index in [1.54, 1.807) is 7.05 Å². The highest BCUT2D eigenvalue weighted by molar-refractivity contribution is 7.09. The van der Waals surface area contributed by atoms with Crippen LogP contribution in [0.3, 0.4) is 0 Å². The standard InChI is InChI=1S/C12H22N4OS/c1-8(9(17)13-5)7-16(6)11-14-10(15-18-11)12(2,3)4/h8H,7H2,1-6H3,(H,13,17). The number of amides is 1. The number of nitrogens with zero attached hydrogens (tertiary/aromatic N) is 3. The van der Waals surface area contributed by atoms with Crippen molar-refractivity contribution in [2.75, 3.05) is 25.5 Å². The molecule has 102 valence electrons. The number of hydrogen-bond donors (Lipinski definition) is 1. The smallest absolute Gasteiger partial charge is 0.224 e. The van der Waals surface area contributed by atoms with E-state index < -0.39 is 0 Å². The number of anilines is 1. The molecule has 0 spiro atoms. The molecule has 0 saturated heterocycles. The lowest BCUT2D eigenvalue weighted by molar-refractivity contribution is -0.123. The van der Waals surface area contributed by atoms with Crippen molar-refractivity contribution < 1.29 is 4.79 Å². The summed E-state index contributed by atoms with van der Waals surface area (Å²) in [6.45, 7) is 8.81. The first-order valence-electron chi connectivity index (χ1n) is 6.02. The molecule has 1 heterocycles. The molecule has 0 saturated carbocycles. The second-order valence-electron chi connectivity index (χ2n) is 5.55. The lowest BCUT2D eigenvalue weighted by atomic mass is 9.96. The Kier molecular flexibility index (Phi) is 4.67. The minimum absolute atomic E-state index is 0.0397. The third-order valence-corrected chi connectivity index (χ3v) is 3.48. The Hall–Kier alpha value is -1.17. The minimum atomic E-state index is -0.0676. The summed E-state index contributed by atoms with van der Waals surface area (Å²) in [6.07, 6.45) is 0. The first-order chi connectivity index (χ1) is 8.25. The average Bonchev–Trinajstić information content (AvgIpc) is 2.76. The monoisotopic (exact) mass is 270 g/mol. The Morgan fingerprint density at radius 2 is 2.11 bits per heavy atom. The molecule has 1 atom stereocenters. The molecule has 0 radical (unpaired) electrons. The predicted molar refractivity (Wildman–Crippen MR) is 75.1 cm³/mol. The van der Waals surface area contributed by atoms with Crippen molar-refractivity contribution in [3.8, 4) is 0 Å². The summed E-state index contributed by atoms with van der Waals surface area (Å²) in [6, 6.07) is 0. The van der Waals surface area contributed by atoms with Crippen molar-refractivity contribution >= 4 is 22.6 Å². The van der Waals surface area contributed by atoms with Crippen LogP contribution in [-0.2, 0) is 10.2 Å². The molecule has 0 aliphatic carbocycles. The fraction of sp³-hybridized carbons (Fsp3) is 0.750. The lowest BCUT2D eigenvalue weighted by Gasteiger charge is -2.19. The molecule has 1 rings (SSSR count). The fourth-order valence-corrected chi connectivity index (χ4v) is 2.32. The SMILES string of the molecule is CNC(=O)C(C)CN(C)c1nc(C(C)(C)C)ns1. The molecule has 0 fully saturated rings. The molecule has 1 amide bonds. The quantitative estimate of drug-likeness (QED) is 0.904. The summed E-state index contributed by atoms with van der Waals surface area (Å²) in [7, 11) is 3.59. The van der Waals surface area contributed by atoms with Crippen molar-refractivity contribution in [1.82, 2.24) is 14.7 Å². The van der Waals surface area contributed by atoms with Crippen molar-refractivity contribution in [2.24, 2.45) is 5.92 Å². The molecule has 0 aliphatic rings. The second kappa shape index (κ2) is 5.65. The largest absolute Gasteiger partial charge is 0.359 e. The number of carbonyl (C=O) groups excluding carboxylic acids is 1. The molecular formula is C12H22N4OS. The maximum absolute atomic E-state index is 11.5. The summed E-state index contributed by atoms with van der Waals surface area (Å²) >= 11 is 1.38. The highest BCUT2D eigenvalue weighted by Gasteiger charge is 2.22. The summed E-state index contributed by atoms with van der Waals surface area (Å²) < 4.78 is 4.37. The molecule has 6 heteroatoms. The first kappa shape index (κ1) is 14.9. The molecule has 0 bridgehead atoms. The Labute approximate surface area is 113 Å². The van der Waals surface area contributed by atoms with E-state index in [1.807, 2.05) is 18.9 Å². The van der Waals surface area contributed by atoms with Gasteiger partial charge in [-0.25, -0.2) is 4.98 Å². The molecule has 1 aromatic rings. The minimum Gasteiger partial charge on any atom is -0.359 e. The highest BCUT2D eigenvalue weighted by Crippen LogP contribution is 2.25. The Morgan fingerprint density at radius 1 is 1.50 bits per heavy atom. The van der Waals surface area contributed by atoms with Gasteiger partial charge in [-0.1, -0.05) is 27.7 Å². The molecule has 5 nitrogen and oxygen atoms in total. The van der Waals surface area contributed by atoms with Crippen LogP contribution < -0.4 is 10.2 Å². The van der Waals surface area contributed by atoms with E-state index >= 15 is 0 Å². The van der Waals surface area contributed by atoms with Gasteiger partial charge in [0.05, 0.1) is 5.92 Å². The van der Waals surface area contributed by atoms with E-state index in [4.69, 9.17) is 0 Å². The summed E-state index contributed by atoms with van der Waals surface area (Å²) in [4.78, 5) is 18.0. The van der Waals surface area contributed by atoms with Crippen molar-refractivity contribution in [2.45, 2.75) is 33.1 Å². The van der Waals surface area contributed by atoms with Gasteiger partial charge in [0.1, 0.15) is 5.82 Å². The van der Waals surface area contributed by atoms with Crippen LogP contribution in [0.25, 0.3) is 0 Å². The van der Waals surface area contributed by atoms with Crippen LogP contribution in [0.1, 0.15) is 33.5 Å². The molecular weight excluding hydrogens is 248 g/mol. The Bertz CT molecular complexity index is 410. The number of nitrogens with one attached hydrogen (secondary N) is 1. The van der Waals surface area contributed by atoms with Crippen LogP contribution in [0.4, 0.5) is 5.13 Å². The second-order valence-corrected chi connectivity index (χ2v) is 6.28. The Balaban J connectivity index is 2.70. The first-order valence-corrected chi connectivity index (χ1v) is 6.80. The zero-order chi connectivity index (χ0) is 13.9.